The van der Waals surface area contributed by atoms with Crippen molar-refractivity contribution >= 4 is 0 Å². The smallest absolute Gasteiger partial charge is 0.0146 e. The molecule has 0 N–H and O–H groups in total. The maximum Gasteiger partial charge on any atom is 0.0146 e. The first kappa shape index (κ1) is 18.5. The van der Waals surface area contributed by atoms with Crippen LogP contribution in [0.2, 0.25) is 0 Å². The fraction of sp³-hybridized carbons (Fsp3) is 0.889. The first-order valence-corrected chi connectivity index (χ1v) is 8.28. The molecule has 1 nitrogen and oxygen atoms in total. The van der Waals surface area contributed by atoms with Crippen molar-refractivity contribution in [3.05, 3.63) is 0 Å². The zero-order valence-corrected chi connectivity index (χ0v) is 14.1. The average Bonchev–Trinajstić information content (AvgIpc) is 2.38. The largest absolute Gasteiger partial charge is 0.303 e. The number of likely N-dealkylation sites (tertiary alicyclic amines) is 1. The molecule has 0 aromatic carbocycles. The predicted octanol–water partition coefficient (Wildman–Crippen LogP) is 4.82. The van der Waals surface area contributed by atoms with E-state index < -0.39 is 0 Å². The van der Waals surface area contributed by atoms with Crippen LogP contribution in [0, 0.1) is 29.6 Å². The van der Waals surface area contributed by atoms with E-state index in [1.54, 1.807) is 0 Å². The Kier molecular flexibility index (Phi) is 11.1. The molecule has 0 atom stereocenters. The van der Waals surface area contributed by atoms with Gasteiger partial charge in [0, 0.05) is 18.9 Å². The first-order valence-electron chi connectivity index (χ1n) is 8.28. The van der Waals surface area contributed by atoms with Crippen molar-refractivity contribution in [2.75, 3.05) is 19.6 Å². The third-order valence-corrected chi connectivity index (χ3v) is 3.40. The molecular weight excluding hydrogens is 230 g/mol. The Hall–Kier alpha value is -0.480. The summed E-state index contributed by atoms with van der Waals surface area (Å²) in [6.07, 6.45) is 5.19. The van der Waals surface area contributed by atoms with E-state index in [9.17, 15) is 0 Å². The molecule has 0 amide bonds. The molecule has 1 heteroatoms. The van der Waals surface area contributed by atoms with Crippen LogP contribution in [-0.4, -0.2) is 24.5 Å². The van der Waals surface area contributed by atoms with E-state index in [2.05, 4.69) is 44.4 Å². The molecule has 0 aromatic heterocycles. The third-order valence-electron chi connectivity index (χ3n) is 3.40. The second-order valence-corrected chi connectivity index (χ2v) is 6.15. The fourth-order valence-corrected chi connectivity index (χ4v) is 2.53. The monoisotopic (exact) mass is 265 g/mol. The first-order chi connectivity index (χ1) is 9.08. The van der Waals surface area contributed by atoms with E-state index in [0.717, 1.165) is 18.3 Å². The number of hydrogen-bond donors (Lipinski definition) is 0. The van der Waals surface area contributed by atoms with Crippen molar-refractivity contribution in [3.63, 3.8) is 0 Å². The highest BCUT2D eigenvalue weighted by Gasteiger charge is 2.18. The maximum absolute atomic E-state index is 3.31. The molecule has 1 aliphatic rings. The molecule has 0 saturated carbocycles. The van der Waals surface area contributed by atoms with E-state index in [0.29, 0.717) is 5.92 Å². The minimum absolute atomic E-state index is 0.530. The van der Waals surface area contributed by atoms with Crippen LogP contribution in [0.3, 0.4) is 0 Å². The lowest BCUT2D eigenvalue weighted by molar-refractivity contribution is 0.164. The number of rotatable bonds is 4. The lowest BCUT2D eigenvalue weighted by Crippen LogP contribution is -2.36. The summed E-state index contributed by atoms with van der Waals surface area (Å²) in [5.74, 6) is 8.84. The van der Waals surface area contributed by atoms with Crippen LogP contribution in [0.5, 0.6) is 0 Å². The highest BCUT2D eigenvalue weighted by molar-refractivity contribution is 5.01. The summed E-state index contributed by atoms with van der Waals surface area (Å²) in [5, 5.41) is 0. The summed E-state index contributed by atoms with van der Waals surface area (Å²) in [7, 11) is 0. The van der Waals surface area contributed by atoms with Crippen LogP contribution in [0.1, 0.15) is 67.2 Å². The van der Waals surface area contributed by atoms with E-state index >= 15 is 0 Å². The number of nitrogens with zero attached hydrogens (tertiary/aromatic N) is 1. The van der Waals surface area contributed by atoms with Gasteiger partial charge in [-0.2, -0.15) is 0 Å². The summed E-state index contributed by atoms with van der Waals surface area (Å²) in [5.41, 5.74) is 0. The van der Waals surface area contributed by atoms with Gasteiger partial charge in [0.05, 0.1) is 0 Å². The van der Waals surface area contributed by atoms with Crippen molar-refractivity contribution in [2.45, 2.75) is 67.2 Å². The molecule has 1 fully saturated rings. The van der Waals surface area contributed by atoms with Crippen LogP contribution in [0.25, 0.3) is 0 Å². The van der Waals surface area contributed by atoms with Crippen LogP contribution < -0.4 is 0 Å². The number of hydrogen-bond acceptors (Lipinski definition) is 1. The molecule has 0 bridgehead atoms. The number of piperidine rings is 1. The van der Waals surface area contributed by atoms with Gasteiger partial charge in [0.2, 0.25) is 0 Å². The van der Waals surface area contributed by atoms with Gasteiger partial charge in [-0.05, 0) is 44.2 Å². The Morgan fingerprint density at radius 1 is 1.05 bits per heavy atom. The second kappa shape index (κ2) is 11.4. The van der Waals surface area contributed by atoms with Gasteiger partial charge in [0.1, 0.15) is 0 Å². The maximum atomic E-state index is 3.31. The lowest BCUT2D eigenvalue weighted by Gasteiger charge is -2.32. The molecule has 1 saturated heterocycles. The average molecular weight is 265 g/mol. The molecule has 0 radical (unpaired) electrons. The van der Waals surface area contributed by atoms with Gasteiger partial charge in [-0.3, -0.25) is 0 Å². The van der Waals surface area contributed by atoms with Crippen molar-refractivity contribution < 1.29 is 0 Å². The molecule has 0 unspecified atom stereocenters. The standard InChI is InChI=1S/C16H29N.C2H6/c1-14(2)7-5-6-8-16-9-11-17(12-10-16)13-15(3)4;1-2/h14-16H,6,8-13H2,1-4H3;1-2H3. The molecule has 112 valence electrons. The normalized spacial score (nSPS) is 16.8. The summed E-state index contributed by atoms with van der Waals surface area (Å²) < 4.78 is 0. The Bertz CT molecular complexity index is 249. The zero-order valence-electron chi connectivity index (χ0n) is 14.1. The summed E-state index contributed by atoms with van der Waals surface area (Å²) in [4.78, 5) is 2.63. The van der Waals surface area contributed by atoms with Crippen LogP contribution in [0.4, 0.5) is 0 Å². The van der Waals surface area contributed by atoms with Crippen molar-refractivity contribution in [2.24, 2.45) is 17.8 Å². The quantitative estimate of drug-likeness (QED) is 0.659. The minimum atomic E-state index is 0.530. The Morgan fingerprint density at radius 3 is 2.11 bits per heavy atom. The van der Waals surface area contributed by atoms with Gasteiger partial charge in [0.25, 0.3) is 0 Å². The van der Waals surface area contributed by atoms with Gasteiger partial charge in [-0.15, -0.1) is 11.8 Å². The lowest BCUT2D eigenvalue weighted by atomic mass is 9.92. The van der Waals surface area contributed by atoms with Crippen molar-refractivity contribution in [1.82, 2.24) is 4.90 Å². The van der Waals surface area contributed by atoms with Crippen LogP contribution >= 0.6 is 0 Å². The van der Waals surface area contributed by atoms with E-state index in [4.69, 9.17) is 0 Å². The highest BCUT2D eigenvalue weighted by Crippen LogP contribution is 2.22. The zero-order chi connectivity index (χ0) is 14.7. The molecule has 1 aliphatic heterocycles. The molecule has 0 spiro atoms. The topological polar surface area (TPSA) is 3.24 Å². The van der Waals surface area contributed by atoms with E-state index in [1.165, 1.54) is 38.9 Å². The van der Waals surface area contributed by atoms with E-state index in [1.807, 2.05) is 13.8 Å². The minimum Gasteiger partial charge on any atom is -0.303 e. The second-order valence-electron chi connectivity index (χ2n) is 6.15. The van der Waals surface area contributed by atoms with E-state index in [-0.39, 0.29) is 0 Å². The molecule has 1 heterocycles. The van der Waals surface area contributed by atoms with Gasteiger partial charge >= 0.3 is 0 Å². The Morgan fingerprint density at radius 2 is 1.63 bits per heavy atom. The van der Waals surface area contributed by atoms with Crippen molar-refractivity contribution in [3.8, 4) is 11.8 Å². The molecule has 0 aliphatic carbocycles. The van der Waals surface area contributed by atoms with Crippen molar-refractivity contribution in [1.29, 1.82) is 0 Å². The Labute approximate surface area is 122 Å². The fourth-order valence-electron chi connectivity index (χ4n) is 2.53. The molecule has 0 aromatic rings. The van der Waals surface area contributed by atoms with Gasteiger partial charge in [-0.1, -0.05) is 41.5 Å². The highest BCUT2D eigenvalue weighted by atomic mass is 15.1. The van der Waals surface area contributed by atoms with Crippen LogP contribution in [-0.2, 0) is 0 Å². The predicted molar refractivity (Wildman–Crippen MR) is 87.2 cm³/mol. The summed E-state index contributed by atoms with van der Waals surface area (Å²) in [6, 6.07) is 0. The summed E-state index contributed by atoms with van der Waals surface area (Å²) in [6.45, 7) is 16.8. The Balaban J connectivity index is 0.00000154. The molecular formula is C18H35N. The SMILES string of the molecule is CC.CC(C)C#CCCC1CCN(CC(C)C)CC1. The summed E-state index contributed by atoms with van der Waals surface area (Å²) >= 11 is 0. The third kappa shape index (κ3) is 10.0. The van der Waals surface area contributed by atoms with Gasteiger partial charge < -0.3 is 4.90 Å². The van der Waals surface area contributed by atoms with Gasteiger partial charge in [-0.25, -0.2) is 0 Å². The molecule has 19 heavy (non-hydrogen) atoms. The molecule has 1 rings (SSSR count). The van der Waals surface area contributed by atoms with Crippen LogP contribution in [0.15, 0.2) is 0 Å². The van der Waals surface area contributed by atoms with Gasteiger partial charge in [0.15, 0.2) is 0 Å².